The Bertz CT molecular complexity index is 548. The van der Waals surface area contributed by atoms with Crippen LogP contribution < -0.4 is 0 Å². The number of thioether (sulfide) groups is 1. The highest BCUT2D eigenvalue weighted by molar-refractivity contribution is 8.15. The van der Waals surface area contributed by atoms with Crippen molar-refractivity contribution in [3.05, 3.63) is 0 Å². The molecule has 0 rings (SSSR count). The second kappa shape index (κ2) is 27.9. The van der Waals surface area contributed by atoms with Gasteiger partial charge in [-0.3, -0.25) is 9.59 Å². The van der Waals surface area contributed by atoms with E-state index in [4.69, 9.17) is 13.3 Å². The van der Waals surface area contributed by atoms with E-state index < -0.39 is 8.80 Å². The fourth-order valence-electron chi connectivity index (χ4n) is 4.42. The molecular weight excluding hydrogens is 525 g/mol. The summed E-state index contributed by atoms with van der Waals surface area (Å²) in [5, 5.41) is -0.140. The molecule has 232 valence electrons. The Morgan fingerprint density at radius 2 is 1.00 bits per heavy atom. The molecule has 0 amide bonds. The van der Waals surface area contributed by atoms with E-state index in [-0.39, 0.29) is 16.1 Å². The number of unbranched alkanes of at least 4 members (excludes halogenated alkanes) is 12. The van der Waals surface area contributed by atoms with Crippen LogP contribution in [-0.2, 0) is 22.9 Å². The fourth-order valence-corrected chi connectivity index (χ4v) is 8.43. The smallest absolute Gasteiger partial charge is 0.373 e. The fraction of sp³-hybridized carbons (Fsp3) is 0.938. The van der Waals surface area contributed by atoms with Crippen LogP contribution in [0.25, 0.3) is 0 Å². The van der Waals surface area contributed by atoms with Gasteiger partial charge in [0.25, 0.3) is 5.12 Å². The Kier molecular flexibility index (Phi) is 27.8. The molecule has 1 atom stereocenters. The summed E-state index contributed by atoms with van der Waals surface area (Å²) in [6.45, 7) is 12.9. The first-order valence-electron chi connectivity index (χ1n) is 16.6. The summed E-state index contributed by atoms with van der Waals surface area (Å²) in [5.74, 6) is -0.201. The lowest BCUT2D eigenvalue weighted by Crippen LogP contribution is -2.47. The molecule has 0 aromatic heterocycles. The van der Waals surface area contributed by atoms with Gasteiger partial charge in [-0.05, 0) is 38.5 Å². The number of hydrogen-bond acceptors (Lipinski definition) is 6. The van der Waals surface area contributed by atoms with Gasteiger partial charge in [0.15, 0.2) is 0 Å². The number of Topliss-reactive ketones (excluding diaryl/α,β-unsaturated/α-hetero) is 1. The molecule has 0 aromatic rings. The van der Waals surface area contributed by atoms with Gasteiger partial charge in [0, 0.05) is 37.5 Å². The molecular formula is C32H64O5SSi. The van der Waals surface area contributed by atoms with Gasteiger partial charge >= 0.3 is 8.80 Å². The number of rotatable bonds is 30. The third-order valence-corrected chi connectivity index (χ3v) is 11.2. The van der Waals surface area contributed by atoms with Gasteiger partial charge in [-0.15, -0.1) is 0 Å². The Balaban J connectivity index is 5.27. The lowest BCUT2D eigenvalue weighted by atomic mass is 10.1. The van der Waals surface area contributed by atoms with E-state index in [0.717, 1.165) is 83.1 Å². The second-order valence-corrected chi connectivity index (χ2v) is 15.0. The van der Waals surface area contributed by atoms with Crippen molar-refractivity contribution in [1.82, 2.24) is 0 Å². The van der Waals surface area contributed by atoms with Gasteiger partial charge in [0.05, 0.1) is 0 Å². The molecule has 0 N–H and O–H groups in total. The lowest BCUT2D eigenvalue weighted by Gasteiger charge is -2.31. The summed E-state index contributed by atoms with van der Waals surface area (Å²) in [5.41, 5.74) is 0. The van der Waals surface area contributed by atoms with Crippen LogP contribution in [0.4, 0.5) is 0 Å². The zero-order valence-electron chi connectivity index (χ0n) is 26.5. The summed E-state index contributed by atoms with van der Waals surface area (Å²) >= 11 is 1.28. The van der Waals surface area contributed by atoms with Gasteiger partial charge < -0.3 is 13.3 Å². The summed E-state index contributed by atoms with van der Waals surface area (Å²) in [7, 11) is -2.86. The van der Waals surface area contributed by atoms with Crippen molar-refractivity contribution in [1.29, 1.82) is 0 Å². The predicted octanol–water partition coefficient (Wildman–Crippen LogP) is 10.1. The minimum absolute atomic E-state index is 0.110. The Morgan fingerprint density at radius 1 is 0.564 bits per heavy atom. The average Bonchev–Trinajstić information content (AvgIpc) is 2.93. The number of hydrogen-bond donors (Lipinski definition) is 0. The van der Waals surface area contributed by atoms with E-state index in [1.165, 1.54) is 56.7 Å². The maximum atomic E-state index is 12.9. The van der Waals surface area contributed by atoms with Crippen LogP contribution in [0.15, 0.2) is 0 Å². The van der Waals surface area contributed by atoms with E-state index >= 15 is 0 Å². The second-order valence-electron chi connectivity index (χ2n) is 11.0. The number of carbonyl (C=O) groups excluding carboxylic acids is 2. The summed E-state index contributed by atoms with van der Waals surface area (Å²) in [6.07, 6.45) is 21.0. The normalized spacial score (nSPS) is 12.6. The minimum atomic E-state index is -2.86. The van der Waals surface area contributed by atoms with Gasteiger partial charge in [0.2, 0.25) is 5.78 Å². The SMILES string of the molecule is CCCCCCCCC(=O)C(=O)SC(CCCCCCC)CC[Si](OCCCC)(OCCCC)OCCCC. The van der Waals surface area contributed by atoms with Crippen molar-refractivity contribution in [2.45, 2.75) is 174 Å². The van der Waals surface area contributed by atoms with Crippen LogP contribution in [0.1, 0.15) is 163 Å². The average molecular weight is 589 g/mol. The molecule has 0 bridgehead atoms. The van der Waals surface area contributed by atoms with E-state index in [0.29, 0.717) is 26.2 Å². The maximum absolute atomic E-state index is 12.9. The van der Waals surface area contributed by atoms with Crippen LogP contribution in [0.3, 0.4) is 0 Å². The maximum Gasteiger partial charge on any atom is 0.500 e. The third kappa shape index (κ3) is 22.1. The topological polar surface area (TPSA) is 61.8 Å². The molecule has 0 spiro atoms. The van der Waals surface area contributed by atoms with Crippen molar-refractivity contribution in [3.8, 4) is 0 Å². The Hall–Kier alpha value is -0.213. The molecule has 7 heteroatoms. The van der Waals surface area contributed by atoms with Crippen LogP contribution in [0.5, 0.6) is 0 Å². The first-order chi connectivity index (χ1) is 19.0. The van der Waals surface area contributed by atoms with Crippen LogP contribution in [0, 0.1) is 0 Å². The monoisotopic (exact) mass is 588 g/mol. The highest BCUT2D eigenvalue weighted by Gasteiger charge is 2.41. The molecule has 0 aliphatic rings. The van der Waals surface area contributed by atoms with Crippen molar-refractivity contribution in [3.63, 3.8) is 0 Å². The molecule has 0 aliphatic heterocycles. The van der Waals surface area contributed by atoms with Crippen LogP contribution >= 0.6 is 11.8 Å². The zero-order chi connectivity index (χ0) is 29.0. The highest BCUT2D eigenvalue weighted by atomic mass is 32.2. The summed E-state index contributed by atoms with van der Waals surface area (Å²) in [4.78, 5) is 25.6. The largest absolute Gasteiger partial charge is 0.500 e. The number of carbonyl (C=O) groups is 2. The molecule has 0 aliphatic carbocycles. The van der Waals surface area contributed by atoms with Crippen molar-refractivity contribution in [2.24, 2.45) is 0 Å². The predicted molar refractivity (Wildman–Crippen MR) is 171 cm³/mol. The summed E-state index contributed by atoms with van der Waals surface area (Å²) < 4.78 is 19.4. The van der Waals surface area contributed by atoms with E-state index in [1.54, 1.807) is 0 Å². The molecule has 5 nitrogen and oxygen atoms in total. The Labute approximate surface area is 248 Å². The van der Waals surface area contributed by atoms with Gasteiger partial charge in [0.1, 0.15) is 0 Å². The number of ketones is 1. The van der Waals surface area contributed by atoms with Crippen molar-refractivity contribution in [2.75, 3.05) is 19.8 Å². The van der Waals surface area contributed by atoms with Gasteiger partial charge in [-0.2, -0.15) is 0 Å². The van der Waals surface area contributed by atoms with Crippen molar-refractivity contribution >= 4 is 31.5 Å². The zero-order valence-corrected chi connectivity index (χ0v) is 28.3. The molecule has 0 saturated heterocycles. The van der Waals surface area contributed by atoms with E-state index in [1.807, 2.05) is 0 Å². The van der Waals surface area contributed by atoms with E-state index in [2.05, 4.69) is 34.6 Å². The molecule has 0 heterocycles. The standard InChI is InChI=1S/C32H64O5SSi/c1-6-11-16-18-20-22-24-31(33)32(34)38-30(23-21-19-17-12-7-2)25-29-39(35-26-13-8-3,36-27-14-9-4)37-28-15-10-5/h30H,6-29H2,1-5H3. The molecule has 0 fully saturated rings. The molecule has 1 unspecified atom stereocenters. The molecule has 0 saturated carbocycles. The van der Waals surface area contributed by atoms with Gasteiger partial charge in [-0.1, -0.05) is 130 Å². The minimum Gasteiger partial charge on any atom is -0.373 e. The quantitative estimate of drug-likeness (QED) is 0.0472. The first kappa shape index (κ1) is 38.8. The van der Waals surface area contributed by atoms with Crippen molar-refractivity contribution < 1.29 is 22.9 Å². The van der Waals surface area contributed by atoms with Crippen LogP contribution in [0.2, 0.25) is 6.04 Å². The van der Waals surface area contributed by atoms with Crippen LogP contribution in [-0.4, -0.2) is 44.8 Å². The Morgan fingerprint density at radius 3 is 1.49 bits per heavy atom. The molecule has 39 heavy (non-hydrogen) atoms. The molecule has 0 radical (unpaired) electrons. The third-order valence-electron chi connectivity index (χ3n) is 7.12. The lowest BCUT2D eigenvalue weighted by molar-refractivity contribution is -0.131. The first-order valence-corrected chi connectivity index (χ1v) is 19.4. The van der Waals surface area contributed by atoms with Gasteiger partial charge in [-0.25, -0.2) is 0 Å². The highest BCUT2D eigenvalue weighted by Crippen LogP contribution is 2.30. The molecule has 0 aromatic carbocycles. The van der Waals surface area contributed by atoms with E-state index in [9.17, 15) is 9.59 Å². The summed E-state index contributed by atoms with van der Waals surface area (Å²) in [6, 6.07) is 0.718.